The second kappa shape index (κ2) is 7.10. The summed E-state index contributed by atoms with van der Waals surface area (Å²) in [7, 11) is 0. The Kier molecular flexibility index (Phi) is 4.93. The molecule has 2 unspecified atom stereocenters. The summed E-state index contributed by atoms with van der Waals surface area (Å²) < 4.78 is 16.5. The van der Waals surface area contributed by atoms with Crippen molar-refractivity contribution in [1.29, 1.82) is 0 Å². The second-order valence-electron chi connectivity index (χ2n) is 5.89. The summed E-state index contributed by atoms with van der Waals surface area (Å²) in [5.41, 5.74) is 0.923. The Hall–Kier alpha value is -1.92. The zero-order chi connectivity index (χ0) is 16.2. The molecule has 1 aliphatic heterocycles. The predicted octanol–water partition coefficient (Wildman–Crippen LogP) is 2.74. The monoisotopic (exact) mass is 317 g/mol. The van der Waals surface area contributed by atoms with Crippen molar-refractivity contribution in [2.24, 2.45) is 0 Å². The molecule has 0 spiro atoms. The highest BCUT2D eigenvalue weighted by Crippen LogP contribution is 2.21. The molecule has 6 nitrogen and oxygen atoms in total. The van der Waals surface area contributed by atoms with Gasteiger partial charge in [-0.25, -0.2) is 0 Å². The third-order valence-corrected chi connectivity index (χ3v) is 3.97. The highest BCUT2D eigenvalue weighted by molar-refractivity contribution is 5.55. The lowest BCUT2D eigenvalue weighted by atomic mass is 10.2. The molecule has 0 radical (unpaired) electrons. The van der Waals surface area contributed by atoms with Gasteiger partial charge in [-0.05, 0) is 45.0 Å². The van der Waals surface area contributed by atoms with Gasteiger partial charge < -0.3 is 14.0 Å². The molecule has 2 aromatic rings. The maximum Gasteiger partial charge on any atom is 0.241 e. The van der Waals surface area contributed by atoms with E-state index in [1.807, 2.05) is 31.2 Å². The molecule has 2 atom stereocenters. The lowest BCUT2D eigenvalue weighted by Crippen LogP contribution is -2.46. The largest absolute Gasteiger partial charge is 0.494 e. The van der Waals surface area contributed by atoms with E-state index < -0.39 is 0 Å². The maximum atomic E-state index is 5.64. The molecule has 0 amide bonds. The number of ether oxygens (including phenoxy) is 2. The molecule has 124 valence electrons. The highest BCUT2D eigenvalue weighted by Gasteiger charge is 2.25. The van der Waals surface area contributed by atoms with E-state index in [0.29, 0.717) is 30.9 Å². The fourth-order valence-electron chi connectivity index (χ4n) is 2.67. The van der Waals surface area contributed by atoms with Crippen LogP contribution in [0.5, 0.6) is 5.75 Å². The van der Waals surface area contributed by atoms with Crippen molar-refractivity contribution in [2.45, 2.75) is 39.5 Å². The summed E-state index contributed by atoms with van der Waals surface area (Å²) in [4.78, 5) is 6.82. The zero-order valence-corrected chi connectivity index (χ0v) is 13.9. The molecule has 2 heterocycles. The molecule has 1 saturated heterocycles. The van der Waals surface area contributed by atoms with E-state index in [1.54, 1.807) is 0 Å². The SMILES string of the molecule is CCOc1ccc(-c2noc(CN3CC(C)OCC3C)n2)cc1. The average Bonchev–Trinajstić information content (AvgIpc) is 3.01. The standard InChI is InChI=1S/C17H23N3O3/c1-4-21-15-7-5-14(6-8-15)17-18-16(23-19-17)10-20-9-13(3)22-11-12(20)2/h5-8,12-13H,4,9-11H2,1-3H3. The van der Waals surface area contributed by atoms with Gasteiger partial charge in [0, 0.05) is 18.2 Å². The van der Waals surface area contributed by atoms with Gasteiger partial charge in [0.25, 0.3) is 0 Å². The van der Waals surface area contributed by atoms with E-state index in [1.165, 1.54) is 0 Å². The van der Waals surface area contributed by atoms with Gasteiger partial charge in [-0.15, -0.1) is 0 Å². The summed E-state index contributed by atoms with van der Waals surface area (Å²) in [6.07, 6.45) is 0.236. The van der Waals surface area contributed by atoms with E-state index in [0.717, 1.165) is 24.5 Å². The smallest absolute Gasteiger partial charge is 0.241 e. The van der Waals surface area contributed by atoms with Crippen molar-refractivity contribution in [3.8, 4) is 17.1 Å². The summed E-state index contributed by atoms with van der Waals surface area (Å²) >= 11 is 0. The molecule has 0 saturated carbocycles. The van der Waals surface area contributed by atoms with Crippen molar-refractivity contribution in [2.75, 3.05) is 19.8 Å². The minimum Gasteiger partial charge on any atom is -0.494 e. The van der Waals surface area contributed by atoms with Crippen LogP contribution in [0.1, 0.15) is 26.7 Å². The highest BCUT2D eigenvalue weighted by atomic mass is 16.5. The third kappa shape index (κ3) is 3.89. The Labute approximate surface area is 136 Å². The van der Waals surface area contributed by atoms with E-state index in [4.69, 9.17) is 14.0 Å². The van der Waals surface area contributed by atoms with Crippen molar-refractivity contribution in [3.63, 3.8) is 0 Å². The Morgan fingerprint density at radius 2 is 2.04 bits per heavy atom. The molecule has 1 aromatic heterocycles. The van der Waals surface area contributed by atoms with Crippen LogP contribution in [0.2, 0.25) is 0 Å². The second-order valence-corrected chi connectivity index (χ2v) is 5.89. The first kappa shape index (κ1) is 16.0. The van der Waals surface area contributed by atoms with Gasteiger partial charge in [-0.1, -0.05) is 5.16 Å². The van der Waals surface area contributed by atoms with Crippen molar-refractivity contribution >= 4 is 0 Å². The number of aromatic nitrogens is 2. The van der Waals surface area contributed by atoms with Crippen LogP contribution in [0.15, 0.2) is 28.8 Å². The lowest BCUT2D eigenvalue weighted by molar-refractivity contribution is -0.0555. The quantitative estimate of drug-likeness (QED) is 0.845. The fraction of sp³-hybridized carbons (Fsp3) is 0.529. The Balaban J connectivity index is 1.67. The van der Waals surface area contributed by atoms with Crippen LogP contribution in [-0.2, 0) is 11.3 Å². The van der Waals surface area contributed by atoms with Gasteiger partial charge in [0.15, 0.2) is 0 Å². The molecule has 0 N–H and O–H groups in total. The average molecular weight is 317 g/mol. The zero-order valence-electron chi connectivity index (χ0n) is 13.9. The molecule has 1 aromatic carbocycles. The van der Waals surface area contributed by atoms with Crippen molar-refractivity contribution in [1.82, 2.24) is 15.0 Å². The minimum atomic E-state index is 0.236. The van der Waals surface area contributed by atoms with E-state index in [2.05, 4.69) is 28.9 Å². The first-order valence-corrected chi connectivity index (χ1v) is 8.07. The van der Waals surface area contributed by atoms with Crippen LogP contribution in [0, 0.1) is 0 Å². The van der Waals surface area contributed by atoms with Crippen LogP contribution in [0.4, 0.5) is 0 Å². The van der Waals surface area contributed by atoms with Crippen LogP contribution in [0.3, 0.4) is 0 Å². The van der Waals surface area contributed by atoms with Gasteiger partial charge in [0.1, 0.15) is 5.75 Å². The van der Waals surface area contributed by atoms with E-state index in [-0.39, 0.29) is 6.10 Å². The van der Waals surface area contributed by atoms with E-state index in [9.17, 15) is 0 Å². The van der Waals surface area contributed by atoms with Crippen molar-refractivity contribution in [3.05, 3.63) is 30.2 Å². The molecule has 0 aliphatic carbocycles. The first-order valence-electron chi connectivity index (χ1n) is 8.07. The van der Waals surface area contributed by atoms with E-state index >= 15 is 0 Å². The van der Waals surface area contributed by atoms with Crippen LogP contribution in [-0.4, -0.2) is 46.9 Å². The topological polar surface area (TPSA) is 60.6 Å². The Bertz CT molecular complexity index is 626. The van der Waals surface area contributed by atoms with Gasteiger partial charge in [0.2, 0.25) is 11.7 Å². The van der Waals surface area contributed by atoms with Crippen LogP contribution in [0.25, 0.3) is 11.4 Å². The van der Waals surface area contributed by atoms with Gasteiger partial charge in [0.05, 0.1) is 25.9 Å². The normalized spacial score (nSPS) is 22.2. The Morgan fingerprint density at radius 3 is 2.78 bits per heavy atom. The molecule has 3 rings (SSSR count). The van der Waals surface area contributed by atoms with Crippen molar-refractivity contribution < 1.29 is 14.0 Å². The van der Waals surface area contributed by atoms with Gasteiger partial charge in [-0.2, -0.15) is 4.98 Å². The molecule has 1 aliphatic rings. The number of benzene rings is 1. The lowest BCUT2D eigenvalue weighted by Gasteiger charge is -2.35. The Morgan fingerprint density at radius 1 is 1.26 bits per heavy atom. The summed E-state index contributed by atoms with van der Waals surface area (Å²) in [5, 5.41) is 4.09. The first-order chi connectivity index (χ1) is 11.2. The molecular weight excluding hydrogens is 294 g/mol. The number of hydrogen-bond acceptors (Lipinski definition) is 6. The maximum absolute atomic E-state index is 5.64. The molecule has 0 bridgehead atoms. The third-order valence-electron chi connectivity index (χ3n) is 3.97. The number of rotatable bonds is 5. The molecule has 6 heteroatoms. The van der Waals surface area contributed by atoms with Crippen LogP contribution >= 0.6 is 0 Å². The summed E-state index contributed by atoms with van der Waals surface area (Å²) in [5.74, 6) is 2.09. The van der Waals surface area contributed by atoms with Crippen LogP contribution < -0.4 is 4.74 Å². The number of hydrogen-bond donors (Lipinski definition) is 0. The number of morpholine rings is 1. The fourth-order valence-corrected chi connectivity index (χ4v) is 2.67. The molecular formula is C17H23N3O3. The predicted molar refractivity (Wildman–Crippen MR) is 86.2 cm³/mol. The molecule has 1 fully saturated rings. The van der Waals surface area contributed by atoms with Gasteiger partial charge in [-0.3, -0.25) is 4.90 Å². The van der Waals surface area contributed by atoms with Gasteiger partial charge >= 0.3 is 0 Å². The number of nitrogens with zero attached hydrogens (tertiary/aromatic N) is 3. The summed E-state index contributed by atoms with van der Waals surface area (Å²) in [6.45, 7) is 9.12. The molecule has 23 heavy (non-hydrogen) atoms. The summed E-state index contributed by atoms with van der Waals surface area (Å²) in [6, 6.07) is 8.08. The minimum absolute atomic E-state index is 0.236.